The zero-order valence-electron chi connectivity index (χ0n) is 4.07. The van der Waals surface area contributed by atoms with E-state index in [1.807, 2.05) is 0 Å². The first-order valence-electron chi connectivity index (χ1n) is 1.99. The molecule has 1 heteroatoms. The van der Waals surface area contributed by atoms with Crippen molar-refractivity contribution in [3.05, 3.63) is 0 Å². The van der Waals surface area contributed by atoms with Crippen LogP contribution in [-0.2, 0) is 0 Å². The zero-order valence-corrected chi connectivity index (χ0v) is 5.07. The van der Waals surface area contributed by atoms with Gasteiger partial charge in [-0.3, -0.25) is 0 Å². The standard InChI is InChI=1S/C6H6Si/c1-3-5-7-6-4-2/h1-2H,5-6H2. The zero-order chi connectivity index (χ0) is 5.54. The molecule has 0 fully saturated rings. The van der Waals surface area contributed by atoms with E-state index in [0.29, 0.717) is 0 Å². The maximum Gasteiger partial charge on any atom is 0.0686 e. The first-order valence-corrected chi connectivity index (χ1v) is 3.41. The van der Waals surface area contributed by atoms with Crippen LogP contribution in [0.3, 0.4) is 0 Å². The van der Waals surface area contributed by atoms with Crippen LogP contribution < -0.4 is 0 Å². The monoisotopic (exact) mass is 106 g/mol. The maximum absolute atomic E-state index is 4.96. The Balaban J connectivity index is 2.77. The summed E-state index contributed by atoms with van der Waals surface area (Å²) in [6.07, 6.45) is 9.92. The second-order valence-corrected chi connectivity index (χ2v) is 2.22. The summed E-state index contributed by atoms with van der Waals surface area (Å²) >= 11 is 0. The van der Waals surface area contributed by atoms with Gasteiger partial charge in [0.25, 0.3) is 0 Å². The summed E-state index contributed by atoms with van der Waals surface area (Å²) in [4.78, 5) is 0. The molecule has 0 spiro atoms. The minimum absolute atomic E-state index is 0.760. The van der Waals surface area contributed by atoms with Gasteiger partial charge in [0.1, 0.15) is 0 Å². The molecule has 0 amide bonds. The molecular formula is C6H6Si. The molecule has 7 heavy (non-hydrogen) atoms. The van der Waals surface area contributed by atoms with E-state index >= 15 is 0 Å². The van der Waals surface area contributed by atoms with Crippen LogP contribution in [0.5, 0.6) is 0 Å². The van der Waals surface area contributed by atoms with E-state index < -0.39 is 0 Å². The summed E-state index contributed by atoms with van der Waals surface area (Å²) in [6.45, 7) is 0. The highest BCUT2D eigenvalue weighted by Crippen LogP contribution is 1.78. The fraction of sp³-hybridized carbons (Fsp3) is 0.333. The summed E-state index contributed by atoms with van der Waals surface area (Å²) < 4.78 is 0. The molecular weight excluding hydrogens is 100 g/mol. The van der Waals surface area contributed by atoms with Crippen LogP contribution in [-0.4, -0.2) is 9.52 Å². The second-order valence-electron chi connectivity index (χ2n) is 1.01. The smallest absolute Gasteiger partial charge is 0.0686 e. The minimum atomic E-state index is 0.760. The molecule has 0 aromatic heterocycles. The summed E-state index contributed by atoms with van der Waals surface area (Å²) in [5.74, 6) is 5.04. The Morgan fingerprint density at radius 2 is 1.57 bits per heavy atom. The summed E-state index contributed by atoms with van der Waals surface area (Å²) in [5.41, 5.74) is 0. The summed E-state index contributed by atoms with van der Waals surface area (Å²) in [6, 6.07) is 1.68. The average Bonchev–Trinajstić information content (AvgIpc) is 1.69. The first-order chi connectivity index (χ1) is 3.41. The SMILES string of the molecule is C#CC[Si]CC#C. The molecule has 2 radical (unpaired) electrons. The van der Waals surface area contributed by atoms with E-state index in [4.69, 9.17) is 12.8 Å². The fourth-order valence-corrected chi connectivity index (χ4v) is 0.621. The number of hydrogen-bond donors (Lipinski definition) is 0. The van der Waals surface area contributed by atoms with E-state index in [1.54, 1.807) is 0 Å². The van der Waals surface area contributed by atoms with Crippen molar-refractivity contribution in [1.82, 2.24) is 0 Å². The van der Waals surface area contributed by atoms with Crippen molar-refractivity contribution in [2.75, 3.05) is 0 Å². The van der Waals surface area contributed by atoms with E-state index in [1.165, 1.54) is 0 Å². The number of terminal acetylenes is 2. The Morgan fingerprint density at radius 1 is 1.14 bits per heavy atom. The van der Waals surface area contributed by atoms with Crippen LogP contribution >= 0.6 is 0 Å². The highest BCUT2D eigenvalue weighted by molar-refractivity contribution is 6.37. The average molecular weight is 106 g/mol. The molecule has 0 bridgehead atoms. The third-order valence-electron chi connectivity index (χ3n) is 0.454. The highest BCUT2D eigenvalue weighted by atomic mass is 28.2. The molecule has 0 rings (SSSR count). The third-order valence-corrected chi connectivity index (χ3v) is 1.36. The van der Waals surface area contributed by atoms with Crippen molar-refractivity contribution >= 4 is 9.52 Å². The predicted octanol–water partition coefficient (Wildman–Crippen LogP) is 0.794. The van der Waals surface area contributed by atoms with Crippen LogP contribution in [0.15, 0.2) is 0 Å². The van der Waals surface area contributed by atoms with Crippen LogP contribution in [0.25, 0.3) is 0 Å². The second kappa shape index (κ2) is 5.34. The molecule has 0 aromatic rings. The summed E-state index contributed by atoms with van der Waals surface area (Å²) in [5, 5.41) is 0. The molecule has 0 unspecified atom stereocenters. The van der Waals surface area contributed by atoms with E-state index in [2.05, 4.69) is 11.8 Å². The molecule has 0 aliphatic heterocycles. The number of rotatable bonds is 2. The largest absolute Gasteiger partial charge is 0.120 e. The van der Waals surface area contributed by atoms with Crippen molar-refractivity contribution in [3.63, 3.8) is 0 Å². The van der Waals surface area contributed by atoms with Crippen molar-refractivity contribution in [2.45, 2.75) is 12.1 Å². The topological polar surface area (TPSA) is 0 Å². The lowest BCUT2D eigenvalue weighted by Gasteiger charge is -1.77. The summed E-state index contributed by atoms with van der Waals surface area (Å²) in [7, 11) is 0.760. The van der Waals surface area contributed by atoms with Crippen LogP contribution in [0, 0.1) is 24.7 Å². The van der Waals surface area contributed by atoms with E-state index in [9.17, 15) is 0 Å². The van der Waals surface area contributed by atoms with Crippen LogP contribution in [0.4, 0.5) is 0 Å². The van der Waals surface area contributed by atoms with Gasteiger partial charge in [0.05, 0.1) is 9.52 Å². The van der Waals surface area contributed by atoms with Crippen molar-refractivity contribution < 1.29 is 0 Å². The Morgan fingerprint density at radius 3 is 1.86 bits per heavy atom. The molecule has 0 aliphatic carbocycles. The van der Waals surface area contributed by atoms with Gasteiger partial charge >= 0.3 is 0 Å². The lowest BCUT2D eigenvalue weighted by molar-refractivity contribution is 1.71. The Kier molecular flexibility index (Phi) is 4.83. The molecule has 0 heterocycles. The lowest BCUT2D eigenvalue weighted by Crippen LogP contribution is -1.80. The van der Waals surface area contributed by atoms with Gasteiger partial charge in [-0.2, -0.15) is 0 Å². The molecule has 0 N–H and O–H groups in total. The van der Waals surface area contributed by atoms with Gasteiger partial charge in [-0.05, 0) is 12.1 Å². The van der Waals surface area contributed by atoms with Gasteiger partial charge in [0.15, 0.2) is 0 Å². The molecule has 0 aromatic carbocycles. The van der Waals surface area contributed by atoms with E-state index in [0.717, 1.165) is 21.6 Å². The molecule has 0 nitrogen and oxygen atoms in total. The minimum Gasteiger partial charge on any atom is -0.120 e. The van der Waals surface area contributed by atoms with Gasteiger partial charge in [0.2, 0.25) is 0 Å². The van der Waals surface area contributed by atoms with Gasteiger partial charge in [-0.15, -0.1) is 24.7 Å². The molecule has 0 saturated heterocycles. The van der Waals surface area contributed by atoms with Gasteiger partial charge in [-0.25, -0.2) is 0 Å². The number of hydrogen-bond acceptors (Lipinski definition) is 0. The fourth-order valence-electron chi connectivity index (χ4n) is 0.207. The Labute approximate surface area is 47.1 Å². The van der Waals surface area contributed by atoms with Crippen molar-refractivity contribution in [1.29, 1.82) is 0 Å². The normalized spacial score (nSPS) is 6.57. The Bertz CT molecular complexity index is 88.3. The van der Waals surface area contributed by atoms with Gasteiger partial charge < -0.3 is 0 Å². The highest BCUT2D eigenvalue weighted by Gasteiger charge is 1.77. The van der Waals surface area contributed by atoms with Gasteiger partial charge in [0, 0.05) is 0 Å². The quantitative estimate of drug-likeness (QED) is 0.277. The first kappa shape index (κ1) is 6.34. The van der Waals surface area contributed by atoms with Crippen LogP contribution in [0.1, 0.15) is 0 Å². The third kappa shape index (κ3) is 5.34. The Hall–Kier alpha value is -0.663. The van der Waals surface area contributed by atoms with Gasteiger partial charge in [-0.1, -0.05) is 0 Å². The van der Waals surface area contributed by atoms with E-state index in [-0.39, 0.29) is 0 Å². The van der Waals surface area contributed by atoms with Crippen molar-refractivity contribution in [3.8, 4) is 24.7 Å². The molecule has 34 valence electrons. The molecule has 0 aliphatic rings. The molecule has 0 saturated carbocycles. The van der Waals surface area contributed by atoms with Crippen LogP contribution in [0.2, 0.25) is 12.1 Å². The lowest BCUT2D eigenvalue weighted by atomic mass is 10.8. The predicted molar refractivity (Wildman–Crippen MR) is 33.0 cm³/mol. The van der Waals surface area contributed by atoms with Crippen molar-refractivity contribution in [2.24, 2.45) is 0 Å². The maximum atomic E-state index is 4.96. The molecule has 0 atom stereocenters.